The molecule has 2 heterocycles. The molecule has 5 rings (SSSR count). The van der Waals surface area contributed by atoms with E-state index in [9.17, 15) is 24.9 Å². The molecule has 0 saturated heterocycles. The van der Waals surface area contributed by atoms with Crippen LogP contribution in [-0.2, 0) is 24.2 Å². The first-order valence-corrected chi connectivity index (χ1v) is 14.0. The number of hydrogen-bond donors (Lipinski definition) is 3. The lowest BCUT2D eigenvalue weighted by molar-refractivity contribution is -0.132. The third-order valence-corrected chi connectivity index (χ3v) is 7.21. The first-order valence-electron chi connectivity index (χ1n) is 14.0. The Morgan fingerprint density at radius 2 is 1.82 bits per heavy atom. The molecule has 0 unspecified atom stereocenters. The number of phenols is 1. The maximum Gasteiger partial charge on any atom is 0.336 e. The molecule has 228 valence electrons. The number of fused-ring (bicyclic) bond motifs is 1. The Hall–Kier alpha value is -5.45. The van der Waals surface area contributed by atoms with Crippen LogP contribution in [0.2, 0.25) is 0 Å². The molecule has 4 aromatic rings. The Labute approximate surface area is 253 Å². The van der Waals surface area contributed by atoms with Crippen molar-refractivity contribution in [1.82, 2.24) is 9.55 Å². The minimum atomic E-state index is -1.17. The Balaban J connectivity index is 1.57. The summed E-state index contributed by atoms with van der Waals surface area (Å²) < 4.78 is 24.2. The van der Waals surface area contributed by atoms with Gasteiger partial charge in [-0.3, -0.25) is 4.57 Å². The molecule has 1 aliphatic rings. The second-order valence-electron chi connectivity index (χ2n) is 10.1. The Morgan fingerprint density at radius 1 is 1.05 bits per heavy atom. The van der Waals surface area contributed by atoms with Crippen molar-refractivity contribution < 1.29 is 43.9 Å². The van der Waals surface area contributed by atoms with E-state index >= 15 is 0 Å². The number of carbonyl (C=O) groups is 2. The van der Waals surface area contributed by atoms with Crippen LogP contribution in [0.4, 0.5) is 0 Å². The van der Waals surface area contributed by atoms with Crippen LogP contribution in [0.5, 0.6) is 28.7 Å². The van der Waals surface area contributed by atoms with Crippen molar-refractivity contribution in [2.24, 2.45) is 0 Å². The van der Waals surface area contributed by atoms with Crippen molar-refractivity contribution in [3.8, 4) is 34.4 Å². The number of aromatic nitrogens is 2. The lowest BCUT2D eigenvalue weighted by atomic mass is 10.0. The SMILES string of the molecule is CCCCc1ncc(/C=C(\Cc2cc3c(cc2O)OCO3)C(=O)O)n1-c1ccc(OC)cc1OCc1ccccc1C(=O)O. The highest BCUT2D eigenvalue weighted by Gasteiger charge is 2.22. The summed E-state index contributed by atoms with van der Waals surface area (Å²) in [5.74, 6) is 0.0887. The molecule has 44 heavy (non-hydrogen) atoms. The summed E-state index contributed by atoms with van der Waals surface area (Å²) in [4.78, 5) is 28.9. The first kappa shape index (κ1) is 30.0. The number of methoxy groups -OCH3 is 1. The number of imidazole rings is 1. The van der Waals surface area contributed by atoms with E-state index in [1.807, 2.05) is 4.57 Å². The fraction of sp³-hybridized carbons (Fsp3) is 0.242. The van der Waals surface area contributed by atoms with Crippen LogP contribution in [0.15, 0.2) is 66.4 Å². The molecule has 0 atom stereocenters. The second-order valence-corrected chi connectivity index (χ2v) is 10.1. The molecule has 11 heteroatoms. The van der Waals surface area contributed by atoms with Gasteiger partial charge in [0.15, 0.2) is 11.5 Å². The normalized spacial score (nSPS) is 12.3. The third-order valence-electron chi connectivity index (χ3n) is 7.21. The topological polar surface area (TPSA) is 150 Å². The van der Waals surface area contributed by atoms with E-state index < -0.39 is 11.9 Å². The van der Waals surface area contributed by atoms with Crippen molar-refractivity contribution in [1.29, 1.82) is 0 Å². The van der Waals surface area contributed by atoms with Crippen molar-refractivity contribution >= 4 is 18.0 Å². The smallest absolute Gasteiger partial charge is 0.336 e. The molecular formula is C33H32N2O9. The highest BCUT2D eigenvalue weighted by Crippen LogP contribution is 2.39. The van der Waals surface area contributed by atoms with Crippen molar-refractivity contribution in [3.63, 3.8) is 0 Å². The Kier molecular flexibility index (Phi) is 9.03. The predicted molar refractivity (Wildman–Crippen MR) is 160 cm³/mol. The van der Waals surface area contributed by atoms with Crippen molar-refractivity contribution in [2.45, 2.75) is 39.2 Å². The second kappa shape index (κ2) is 13.2. The standard InChI is InChI=1S/C33H32N2O9/c1-3-4-9-31-34-17-23(13-22(32(37)38)12-21-14-29-30(16-27(21)36)44-19-43-29)35(31)26-11-10-24(41-2)15-28(26)42-18-20-7-5-6-8-25(20)33(39)40/h5-8,10-11,13-17,36H,3-4,9,12,18-19H2,1-2H3,(H,37,38)(H,39,40)/b22-13+. The van der Waals surface area contributed by atoms with E-state index in [4.69, 9.17) is 18.9 Å². The molecule has 0 aliphatic carbocycles. The van der Waals surface area contributed by atoms with Crippen LogP contribution in [0.25, 0.3) is 11.8 Å². The maximum absolute atomic E-state index is 12.5. The molecule has 1 aromatic heterocycles. The molecule has 0 radical (unpaired) electrons. The van der Waals surface area contributed by atoms with Gasteiger partial charge in [0, 0.05) is 41.7 Å². The number of aromatic hydroxyl groups is 1. The third kappa shape index (κ3) is 6.46. The minimum absolute atomic E-state index is 0.00808. The van der Waals surface area contributed by atoms with Gasteiger partial charge >= 0.3 is 11.9 Å². The highest BCUT2D eigenvalue weighted by molar-refractivity contribution is 5.92. The molecule has 0 amide bonds. The Bertz CT molecular complexity index is 1720. The fourth-order valence-electron chi connectivity index (χ4n) is 4.92. The van der Waals surface area contributed by atoms with E-state index in [1.54, 1.807) is 48.7 Å². The van der Waals surface area contributed by atoms with Crippen LogP contribution in [0.1, 0.15) is 52.8 Å². The van der Waals surface area contributed by atoms with Crippen LogP contribution in [0.3, 0.4) is 0 Å². The summed E-state index contributed by atoms with van der Waals surface area (Å²) >= 11 is 0. The minimum Gasteiger partial charge on any atom is -0.508 e. The van der Waals surface area contributed by atoms with Gasteiger partial charge in [0.1, 0.15) is 29.7 Å². The predicted octanol–water partition coefficient (Wildman–Crippen LogP) is 5.65. The molecule has 0 spiro atoms. The quantitative estimate of drug-likeness (QED) is 0.164. The molecule has 0 fully saturated rings. The largest absolute Gasteiger partial charge is 0.508 e. The van der Waals surface area contributed by atoms with Gasteiger partial charge in [0.2, 0.25) is 6.79 Å². The number of unbranched alkanes of at least 4 members (excludes halogenated alkanes) is 1. The van der Waals surface area contributed by atoms with Gasteiger partial charge in [-0.25, -0.2) is 14.6 Å². The van der Waals surface area contributed by atoms with Gasteiger partial charge in [-0.2, -0.15) is 0 Å². The van der Waals surface area contributed by atoms with Crippen LogP contribution in [-0.4, -0.2) is 50.7 Å². The van der Waals surface area contributed by atoms with Crippen LogP contribution < -0.4 is 18.9 Å². The molecule has 0 bridgehead atoms. The maximum atomic E-state index is 12.5. The number of phenolic OH excluding ortho intramolecular Hbond substituents is 1. The number of benzene rings is 3. The fourth-order valence-corrected chi connectivity index (χ4v) is 4.92. The lowest BCUT2D eigenvalue weighted by Gasteiger charge is -2.18. The molecule has 3 aromatic carbocycles. The number of nitrogens with zero attached hydrogens (tertiary/aromatic N) is 2. The van der Waals surface area contributed by atoms with Crippen molar-refractivity contribution in [2.75, 3.05) is 13.9 Å². The number of aromatic carboxylic acids is 1. The zero-order chi connectivity index (χ0) is 31.2. The van der Waals surface area contributed by atoms with Crippen molar-refractivity contribution in [3.05, 3.63) is 94.6 Å². The van der Waals surface area contributed by atoms with E-state index in [2.05, 4.69) is 11.9 Å². The van der Waals surface area contributed by atoms with Crippen LogP contribution >= 0.6 is 0 Å². The van der Waals surface area contributed by atoms with Gasteiger partial charge in [-0.05, 0) is 36.8 Å². The number of hydrogen-bond acceptors (Lipinski definition) is 8. The summed E-state index contributed by atoms with van der Waals surface area (Å²) in [6, 6.07) is 14.8. The zero-order valence-electron chi connectivity index (χ0n) is 24.3. The van der Waals surface area contributed by atoms with E-state index in [-0.39, 0.29) is 36.7 Å². The molecule has 3 N–H and O–H groups in total. The van der Waals surface area contributed by atoms with Gasteiger partial charge in [0.25, 0.3) is 0 Å². The van der Waals surface area contributed by atoms with E-state index in [1.165, 1.54) is 25.3 Å². The summed E-state index contributed by atoms with van der Waals surface area (Å²) in [7, 11) is 1.53. The first-order chi connectivity index (χ1) is 21.3. The lowest BCUT2D eigenvalue weighted by Crippen LogP contribution is -2.10. The Morgan fingerprint density at radius 3 is 2.55 bits per heavy atom. The van der Waals surface area contributed by atoms with Gasteiger partial charge in [0.05, 0.1) is 30.3 Å². The zero-order valence-corrected chi connectivity index (χ0v) is 24.3. The molecule has 11 nitrogen and oxygen atoms in total. The number of carboxylic acid groups (broad SMARTS) is 2. The average molecular weight is 601 g/mol. The summed E-state index contributed by atoms with van der Waals surface area (Å²) in [5, 5.41) is 30.4. The van der Waals surface area contributed by atoms with Crippen LogP contribution in [0, 0.1) is 0 Å². The average Bonchev–Trinajstić information content (AvgIpc) is 3.64. The van der Waals surface area contributed by atoms with Gasteiger partial charge in [-0.15, -0.1) is 0 Å². The monoisotopic (exact) mass is 600 g/mol. The summed E-state index contributed by atoms with van der Waals surface area (Å²) in [5.41, 5.74) is 2.05. The number of rotatable bonds is 13. The summed E-state index contributed by atoms with van der Waals surface area (Å²) in [6.45, 7) is 2.06. The van der Waals surface area contributed by atoms with E-state index in [0.717, 1.165) is 12.8 Å². The molecule has 0 saturated carbocycles. The van der Waals surface area contributed by atoms with E-state index in [0.29, 0.717) is 57.8 Å². The number of ether oxygens (including phenoxy) is 4. The van der Waals surface area contributed by atoms with Gasteiger partial charge < -0.3 is 34.3 Å². The number of aryl methyl sites for hydroxylation is 1. The molecular weight excluding hydrogens is 568 g/mol. The van der Waals surface area contributed by atoms with Gasteiger partial charge in [-0.1, -0.05) is 31.5 Å². The molecule has 1 aliphatic heterocycles. The summed E-state index contributed by atoms with van der Waals surface area (Å²) in [6.07, 6.45) is 5.40. The number of aliphatic carboxylic acids is 1. The highest BCUT2D eigenvalue weighted by atomic mass is 16.7. The number of carboxylic acids is 2.